The number of rotatable bonds is 2. The van der Waals surface area contributed by atoms with Crippen LogP contribution in [-0.4, -0.2) is 25.2 Å². The highest BCUT2D eigenvalue weighted by Crippen LogP contribution is 2.26. The van der Waals surface area contributed by atoms with Gasteiger partial charge in [0.05, 0.1) is 10.7 Å². The number of aromatic nitrogens is 5. The number of halogens is 2. The maximum absolute atomic E-state index is 6.12. The van der Waals surface area contributed by atoms with Gasteiger partial charge in [-0.25, -0.2) is 4.98 Å². The van der Waals surface area contributed by atoms with Crippen molar-refractivity contribution in [1.29, 1.82) is 0 Å². The van der Waals surface area contributed by atoms with E-state index in [1.54, 1.807) is 16.8 Å². The van der Waals surface area contributed by atoms with Crippen LogP contribution in [0.2, 0.25) is 10.2 Å². The van der Waals surface area contributed by atoms with E-state index < -0.39 is 0 Å². The number of hydrogen-bond acceptors (Lipinski definition) is 4. The first-order valence-electron chi connectivity index (χ1n) is 5.42. The Labute approximate surface area is 118 Å². The molecular weight excluding hydrogens is 285 g/mol. The Bertz CT molecular complexity index is 711. The predicted molar refractivity (Wildman–Crippen MR) is 72.4 cm³/mol. The van der Waals surface area contributed by atoms with Gasteiger partial charge in [0, 0.05) is 0 Å². The molecule has 7 heteroatoms. The third-order valence-corrected chi connectivity index (χ3v) is 3.01. The molecule has 1 aromatic carbocycles. The van der Waals surface area contributed by atoms with Gasteiger partial charge in [0.1, 0.15) is 10.8 Å². The Kier molecular flexibility index (Phi) is 3.15. The number of hydrogen-bond donors (Lipinski definition) is 0. The molecule has 0 aliphatic heterocycles. The molecule has 94 valence electrons. The van der Waals surface area contributed by atoms with Crippen molar-refractivity contribution in [2.75, 3.05) is 0 Å². The van der Waals surface area contributed by atoms with E-state index >= 15 is 0 Å². The molecule has 3 rings (SSSR count). The van der Waals surface area contributed by atoms with E-state index in [4.69, 9.17) is 23.2 Å². The molecule has 0 saturated heterocycles. The third kappa shape index (κ3) is 2.30. The Morgan fingerprint density at radius 2 is 1.74 bits per heavy atom. The fourth-order valence-electron chi connectivity index (χ4n) is 1.65. The molecule has 0 saturated carbocycles. The van der Waals surface area contributed by atoms with Crippen LogP contribution < -0.4 is 0 Å². The lowest BCUT2D eigenvalue weighted by Gasteiger charge is -2.05. The van der Waals surface area contributed by atoms with E-state index in [-0.39, 0.29) is 0 Å². The lowest BCUT2D eigenvalue weighted by molar-refractivity contribution is 0.790. The maximum Gasteiger partial charge on any atom is 0.207 e. The molecular formula is C12H7Cl2N5. The highest BCUT2D eigenvalue weighted by molar-refractivity contribution is 6.34. The SMILES string of the molecule is Clc1ccc(Cl)c(-c2nnnn2-c2ccccc2)n1. The van der Waals surface area contributed by atoms with E-state index in [0.29, 0.717) is 21.7 Å². The van der Waals surface area contributed by atoms with Gasteiger partial charge < -0.3 is 0 Å². The second-order valence-electron chi connectivity index (χ2n) is 3.71. The molecule has 0 spiro atoms. The molecule has 0 aliphatic rings. The van der Waals surface area contributed by atoms with Gasteiger partial charge in [-0.05, 0) is 34.7 Å². The fourth-order valence-corrected chi connectivity index (χ4v) is 1.99. The van der Waals surface area contributed by atoms with Crippen LogP contribution in [0, 0.1) is 0 Å². The Balaban J connectivity index is 2.18. The summed E-state index contributed by atoms with van der Waals surface area (Å²) in [5, 5.41) is 12.4. The minimum atomic E-state index is 0.335. The number of para-hydroxylation sites is 1. The Morgan fingerprint density at radius 1 is 0.947 bits per heavy atom. The molecule has 0 bridgehead atoms. The molecule has 0 atom stereocenters. The molecule has 0 radical (unpaired) electrons. The molecule has 0 N–H and O–H groups in total. The topological polar surface area (TPSA) is 56.5 Å². The minimum absolute atomic E-state index is 0.335. The standard InChI is InChI=1S/C12H7Cl2N5/c13-9-6-7-10(14)15-11(9)12-16-17-18-19(12)8-4-2-1-3-5-8/h1-7H. The molecule has 19 heavy (non-hydrogen) atoms. The summed E-state index contributed by atoms with van der Waals surface area (Å²) in [7, 11) is 0. The van der Waals surface area contributed by atoms with E-state index in [1.165, 1.54) is 0 Å². The van der Waals surface area contributed by atoms with Crippen LogP contribution in [0.1, 0.15) is 0 Å². The molecule has 0 aliphatic carbocycles. The summed E-state index contributed by atoms with van der Waals surface area (Å²) in [6.45, 7) is 0. The Hall–Kier alpha value is -1.98. The molecule has 3 aromatic rings. The summed E-state index contributed by atoms with van der Waals surface area (Å²) in [6.07, 6.45) is 0. The predicted octanol–water partition coefficient (Wildman–Crippen LogP) is 3.03. The van der Waals surface area contributed by atoms with Crippen molar-refractivity contribution in [3.63, 3.8) is 0 Å². The second kappa shape index (κ2) is 4.95. The van der Waals surface area contributed by atoms with Crippen molar-refractivity contribution >= 4 is 23.2 Å². The third-order valence-electron chi connectivity index (χ3n) is 2.49. The van der Waals surface area contributed by atoms with Gasteiger partial charge in [0.25, 0.3) is 0 Å². The lowest BCUT2D eigenvalue weighted by Crippen LogP contribution is -2.01. The van der Waals surface area contributed by atoms with Crippen LogP contribution in [0.15, 0.2) is 42.5 Å². The summed E-state index contributed by atoms with van der Waals surface area (Å²) < 4.78 is 1.56. The van der Waals surface area contributed by atoms with Gasteiger partial charge >= 0.3 is 0 Å². The van der Waals surface area contributed by atoms with Gasteiger partial charge in [-0.15, -0.1) is 5.10 Å². The summed E-state index contributed by atoms with van der Waals surface area (Å²) in [6, 6.07) is 12.8. The summed E-state index contributed by atoms with van der Waals surface area (Å²) >= 11 is 12.0. The molecule has 0 fully saturated rings. The minimum Gasteiger partial charge on any atom is -0.231 e. The van der Waals surface area contributed by atoms with Crippen LogP contribution in [0.3, 0.4) is 0 Å². The first-order valence-corrected chi connectivity index (χ1v) is 6.17. The van der Waals surface area contributed by atoms with Crippen LogP contribution in [0.5, 0.6) is 0 Å². The van der Waals surface area contributed by atoms with Gasteiger partial charge in [0.15, 0.2) is 0 Å². The number of benzene rings is 1. The van der Waals surface area contributed by atoms with Crippen molar-refractivity contribution in [1.82, 2.24) is 25.2 Å². The molecule has 0 amide bonds. The molecule has 2 heterocycles. The smallest absolute Gasteiger partial charge is 0.207 e. The molecule has 2 aromatic heterocycles. The average molecular weight is 292 g/mol. The van der Waals surface area contributed by atoms with Gasteiger partial charge in [-0.2, -0.15) is 4.68 Å². The maximum atomic E-state index is 6.12. The quantitative estimate of drug-likeness (QED) is 0.681. The van der Waals surface area contributed by atoms with Gasteiger partial charge in [-0.1, -0.05) is 41.4 Å². The monoisotopic (exact) mass is 291 g/mol. The van der Waals surface area contributed by atoms with Crippen molar-refractivity contribution in [2.45, 2.75) is 0 Å². The second-order valence-corrected chi connectivity index (χ2v) is 4.51. The number of tetrazole rings is 1. The van der Waals surface area contributed by atoms with E-state index in [2.05, 4.69) is 20.5 Å². The van der Waals surface area contributed by atoms with Crippen LogP contribution in [0.25, 0.3) is 17.2 Å². The fraction of sp³-hybridized carbons (Fsp3) is 0. The highest BCUT2D eigenvalue weighted by Gasteiger charge is 2.15. The van der Waals surface area contributed by atoms with E-state index in [1.807, 2.05) is 30.3 Å². The highest BCUT2D eigenvalue weighted by atomic mass is 35.5. The normalized spacial score (nSPS) is 10.6. The van der Waals surface area contributed by atoms with Crippen LogP contribution in [0.4, 0.5) is 0 Å². The zero-order valence-corrected chi connectivity index (χ0v) is 11.0. The Morgan fingerprint density at radius 3 is 2.53 bits per heavy atom. The zero-order chi connectivity index (χ0) is 13.2. The molecule has 5 nitrogen and oxygen atoms in total. The van der Waals surface area contributed by atoms with Gasteiger partial charge in [-0.3, -0.25) is 0 Å². The van der Waals surface area contributed by atoms with Crippen LogP contribution in [-0.2, 0) is 0 Å². The number of pyridine rings is 1. The van der Waals surface area contributed by atoms with Crippen molar-refractivity contribution in [2.24, 2.45) is 0 Å². The summed E-state index contributed by atoms with van der Waals surface area (Å²) in [5.41, 5.74) is 1.27. The largest absolute Gasteiger partial charge is 0.231 e. The summed E-state index contributed by atoms with van der Waals surface area (Å²) in [4.78, 5) is 4.17. The van der Waals surface area contributed by atoms with E-state index in [9.17, 15) is 0 Å². The van der Waals surface area contributed by atoms with Crippen molar-refractivity contribution in [3.05, 3.63) is 52.6 Å². The first-order chi connectivity index (χ1) is 9.25. The average Bonchev–Trinajstić information content (AvgIpc) is 2.91. The number of nitrogens with zero attached hydrogens (tertiary/aromatic N) is 5. The van der Waals surface area contributed by atoms with Crippen molar-refractivity contribution in [3.8, 4) is 17.2 Å². The van der Waals surface area contributed by atoms with Crippen LogP contribution >= 0.6 is 23.2 Å². The molecule has 0 unspecified atom stereocenters. The first kappa shape index (κ1) is 12.1. The zero-order valence-electron chi connectivity index (χ0n) is 9.53. The van der Waals surface area contributed by atoms with E-state index in [0.717, 1.165) is 5.69 Å². The van der Waals surface area contributed by atoms with Crippen molar-refractivity contribution < 1.29 is 0 Å². The summed E-state index contributed by atoms with van der Waals surface area (Å²) in [5.74, 6) is 0.443. The lowest BCUT2D eigenvalue weighted by atomic mass is 10.3. The van der Waals surface area contributed by atoms with Gasteiger partial charge in [0.2, 0.25) is 5.82 Å².